The second-order valence-corrected chi connectivity index (χ2v) is 7.30. The highest BCUT2D eigenvalue weighted by atomic mass is 35.5. The van der Waals surface area contributed by atoms with Crippen LogP contribution in [-0.2, 0) is 10.2 Å². The van der Waals surface area contributed by atoms with Crippen molar-refractivity contribution < 1.29 is 9.53 Å². The Bertz CT molecular complexity index is 905. The first-order valence-corrected chi connectivity index (χ1v) is 9.17. The number of rotatable bonds is 6. The maximum Gasteiger partial charge on any atom is 0.262 e. The molecule has 0 aromatic heterocycles. The van der Waals surface area contributed by atoms with E-state index in [2.05, 4.69) is 31.3 Å². The van der Waals surface area contributed by atoms with Crippen molar-refractivity contribution in [2.24, 2.45) is 0 Å². The Hall–Kier alpha value is -2.78. The molecule has 0 heterocycles. The number of hydrogen-bond donors (Lipinski definition) is 1. The summed E-state index contributed by atoms with van der Waals surface area (Å²) in [6.07, 6.45) is 0. The summed E-state index contributed by atoms with van der Waals surface area (Å²) >= 11 is 5.91. The van der Waals surface area contributed by atoms with Crippen LogP contribution in [0.15, 0.2) is 78.9 Å². The molecule has 0 aliphatic heterocycles. The average Bonchev–Trinajstić information content (AvgIpc) is 2.67. The molecule has 0 radical (unpaired) electrons. The lowest BCUT2D eigenvalue weighted by Crippen LogP contribution is -2.20. The first-order valence-electron chi connectivity index (χ1n) is 8.79. The van der Waals surface area contributed by atoms with Crippen LogP contribution < -0.4 is 10.1 Å². The van der Waals surface area contributed by atoms with Gasteiger partial charge in [-0.15, -0.1) is 0 Å². The minimum atomic E-state index is -0.231. The normalized spacial score (nSPS) is 11.1. The number of carbonyl (C=O) groups excluding carboxylic acids is 1. The molecule has 138 valence electrons. The van der Waals surface area contributed by atoms with Gasteiger partial charge in [-0.25, -0.2) is 0 Å². The quantitative estimate of drug-likeness (QED) is 0.598. The summed E-state index contributed by atoms with van der Waals surface area (Å²) in [6.45, 7) is 4.32. The van der Waals surface area contributed by atoms with Crippen molar-refractivity contribution >= 4 is 23.2 Å². The monoisotopic (exact) mass is 379 g/mol. The van der Waals surface area contributed by atoms with Crippen LogP contribution in [-0.4, -0.2) is 12.5 Å². The van der Waals surface area contributed by atoms with Crippen LogP contribution in [0.2, 0.25) is 5.02 Å². The molecule has 0 atom stereocenters. The van der Waals surface area contributed by atoms with Gasteiger partial charge in [0.25, 0.3) is 5.91 Å². The molecule has 0 bridgehead atoms. The second-order valence-electron chi connectivity index (χ2n) is 6.86. The summed E-state index contributed by atoms with van der Waals surface area (Å²) in [4.78, 5) is 12.0. The molecule has 3 aromatic carbocycles. The fraction of sp³-hybridized carbons (Fsp3) is 0.174. The molecule has 3 nitrogen and oxygen atoms in total. The van der Waals surface area contributed by atoms with Crippen molar-refractivity contribution in [2.45, 2.75) is 19.3 Å². The van der Waals surface area contributed by atoms with Crippen molar-refractivity contribution in [1.82, 2.24) is 0 Å². The minimum absolute atomic E-state index is 0.0616. The van der Waals surface area contributed by atoms with Crippen LogP contribution in [0.1, 0.15) is 25.0 Å². The Kier molecular flexibility index (Phi) is 5.82. The van der Waals surface area contributed by atoms with Gasteiger partial charge in [0.2, 0.25) is 0 Å². The molecule has 0 spiro atoms. The second kappa shape index (κ2) is 8.28. The van der Waals surface area contributed by atoms with Crippen LogP contribution >= 0.6 is 11.6 Å². The van der Waals surface area contributed by atoms with Crippen LogP contribution in [0.4, 0.5) is 5.69 Å². The number of anilines is 1. The van der Waals surface area contributed by atoms with E-state index in [9.17, 15) is 4.79 Å². The molecule has 0 fully saturated rings. The number of halogens is 1. The van der Waals surface area contributed by atoms with Crippen LogP contribution in [0.5, 0.6) is 5.75 Å². The molecular weight excluding hydrogens is 358 g/mol. The van der Waals surface area contributed by atoms with Gasteiger partial charge in [0.05, 0.1) is 0 Å². The molecule has 0 aliphatic rings. The minimum Gasteiger partial charge on any atom is -0.484 e. The van der Waals surface area contributed by atoms with E-state index in [1.807, 2.05) is 42.5 Å². The largest absolute Gasteiger partial charge is 0.484 e. The van der Waals surface area contributed by atoms with E-state index >= 15 is 0 Å². The standard InChI is InChI=1S/C23H22ClNO2/c1-23(2,17-7-4-3-5-8-17)18-11-13-21(14-12-18)27-16-22(26)25-20-10-6-9-19(24)15-20/h3-15H,16H2,1-2H3,(H,25,26). The highest BCUT2D eigenvalue weighted by Crippen LogP contribution is 2.32. The Morgan fingerprint density at radius 1 is 0.926 bits per heavy atom. The van der Waals surface area contributed by atoms with Crippen molar-refractivity contribution in [3.63, 3.8) is 0 Å². The summed E-state index contributed by atoms with van der Waals surface area (Å²) in [6, 6.07) is 25.3. The Balaban J connectivity index is 1.60. The summed E-state index contributed by atoms with van der Waals surface area (Å²) in [7, 11) is 0. The van der Waals surface area contributed by atoms with Gasteiger partial charge in [0.1, 0.15) is 5.75 Å². The summed E-state index contributed by atoms with van der Waals surface area (Å²) in [5.41, 5.74) is 2.98. The van der Waals surface area contributed by atoms with Gasteiger partial charge in [0.15, 0.2) is 6.61 Å². The zero-order chi connectivity index (χ0) is 19.3. The van der Waals surface area contributed by atoms with Gasteiger partial charge >= 0.3 is 0 Å². The topological polar surface area (TPSA) is 38.3 Å². The number of amides is 1. The third kappa shape index (κ3) is 4.89. The van der Waals surface area contributed by atoms with Gasteiger partial charge in [-0.05, 0) is 41.5 Å². The van der Waals surface area contributed by atoms with E-state index in [-0.39, 0.29) is 17.9 Å². The van der Waals surface area contributed by atoms with Crippen molar-refractivity contribution in [3.8, 4) is 5.75 Å². The molecule has 0 aliphatic carbocycles. The number of ether oxygens (including phenoxy) is 1. The van der Waals surface area contributed by atoms with Crippen molar-refractivity contribution in [1.29, 1.82) is 0 Å². The highest BCUT2D eigenvalue weighted by molar-refractivity contribution is 6.30. The maximum atomic E-state index is 12.0. The zero-order valence-corrected chi connectivity index (χ0v) is 16.2. The first kappa shape index (κ1) is 19.0. The molecule has 0 saturated heterocycles. The third-order valence-corrected chi connectivity index (χ3v) is 4.78. The molecule has 3 aromatic rings. The fourth-order valence-electron chi connectivity index (χ4n) is 2.90. The van der Waals surface area contributed by atoms with Gasteiger partial charge in [-0.2, -0.15) is 0 Å². The van der Waals surface area contributed by atoms with Crippen molar-refractivity contribution in [2.75, 3.05) is 11.9 Å². The lowest BCUT2D eigenvalue weighted by Gasteiger charge is -2.26. The maximum absolute atomic E-state index is 12.0. The summed E-state index contributed by atoms with van der Waals surface area (Å²) < 4.78 is 5.60. The van der Waals surface area contributed by atoms with Crippen LogP contribution in [0.25, 0.3) is 0 Å². The molecule has 0 unspecified atom stereocenters. The molecule has 1 amide bonds. The van der Waals surface area contributed by atoms with E-state index in [0.29, 0.717) is 16.5 Å². The third-order valence-electron chi connectivity index (χ3n) is 4.55. The Morgan fingerprint density at radius 2 is 1.59 bits per heavy atom. The number of hydrogen-bond acceptors (Lipinski definition) is 2. The van der Waals surface area contributed by atoms with E-state index in [1.165, 1.54) is 11.1 Å². The predicted molar refractivity (Wildman–Crippen MR) is 111 cm³/mol. The van der Waals surface area contributed by atoms with Crippen molar-refractivity contribution in [3.05, 3.63) is 95.0 Å². The Labute approximate surface area is 164 Å². The van der Waals surface area contributed by atoms with Crippen LogP contribution in [0.3, 0.4) is 0 Å². The van der Waals surface area contributed by atoms with E-state index in [1.54, 1.807) is 24.3 Å². The van der Waals surface area contributed by atoms with E-state index in [4.69, 9.17) is 16.3 Å². The lowest BCUT2D eigenvalue weighted by molar-refractivity contribution is -0.118. The van der Waals surface area contributed by atoms with Gasteiger partial charge in [0, 0.05) is 16.1 Å². The summed E-state index contributed by atoms with van der Waals surface area (Å²) in [5, 5.41) is 3.34. The van der Waals surface area contributed by atoms with Gasteiger partial charge in [-0.3, -0.25) is 4.79 Å². The average molecular weight is 380 g/mol. The first-order chi connectivity index (χ1) is 12.9. The molecule has 3 rings (SSSR count). The highest BCUT2D eigenvalue weighted by Gasteiger charge is 2.22. The molecule has 4 heteroatoms. The lowest BCUT2D eigenvalue weighted by atomic mass is 9.78. The van der Waals surface area contributed by atoms with Gasteiger partial charge in [-0.1, -0.05) is 74.0 Å². The number of carbonyl (C=O) groups is 1. The molecular formula is C23H22ClNO2. The SMILES string of the molecule is CC(C)(c1ccccc1)c1ccc(OCC(=O)Nc2cccc(Cl)c2)cc1. The molecule has 1 N–H and O–H groups in total. The molecule has 27 heavy (non-hydrogen) atoms. The Morgan fingerprint density at radius 3 is 2.26 bits per heavy atom. The smallest absolute Gasteiger partial charge is 0.262 e. The molecule has 0 saturated carbocycles. The fourth-order valence-corrected chi connectivity index (χ4v) is 3.09. The van der Waals surface area contributed by atoms with E-state index in [0.717, 1.165) is 0 Å². The summed E-state index contributed by atoms with van der Waals surface area (Å²) in [5.74, 6) is 0.426. The number of benzene rings is 3. The predicted octanol–water partition coefficient (Wildman–Crippen LogP) is 5.68. The van der Waals surface area contributed by atoms with E-state index < -0.39 is 0 Å². The number of nitrogens with one attached hydrogen (secondary N) is 1. The van der Waals surface area contributed by atoms with Crippen LogP contribution in [0, 0.1) is 0 Å². The zero-order valence-electron chi connectivity index (χ0n) is 15.4. The van der Waals surface area contributed by atoms with Gasteiger partial charge < -0.3 is 10.1 Å².